The number of fused-ring (bicyclic) bond motifs is 7. The Hall–Kier alpha value is -2.87. The third-order valence-corrected chi connectivity index (χ3v) is 4.23. The van der Waals surface area contributed by atoms with Gasteiger partial charge in [-0.25, -0.2) is 0 Å². The second-order valence-corrected chi connectivity index (χ2v) is 5.40. The van der Waals surface area contributed by atoms with Gasteiger partial charge in [0.2, 0.25) is 0 Å². The molecule has 0 fully saturated rings. The molecule has 2 heterocycles. The molecule has 5 rings (SSSR count). The molecule has 2 nitrogen and oxygen atoms in total. The SMILES string of the molecule is c1cnc2c(c1)ccc1ccc3c4ccccc4[nH]c3c12. The first kappa shape index (κ1) is 10.9. The maximum absolute atomic E-state index is 4.61. The summed E-state index contributed by atoms with van der Waals surface area (Å²) in [6.45, 7) is 0. The molecular weight excluding hydrogens is 256 g/mol. The summed E-state index contributed by atoms with van der Waals surface area (Å²) in [6.07, 6.45) is 1.86. The number of nitrogens with zero attached hydrogens (tertiary/aromatic N) is 1. The summed E-state index contributed by atoms with van der Waals surface area (Å²) in [5.41, 5.74) is 3.41. The van der Waals surface area contributed by atoms with Gasteiger partial charge in [0.05, 0.1) is 11.0 Å². The van der Waals surface area contributed by atoms with Crippen LogP contribution >= 0.6 is 0 Å². The first-order valence-electron chi connectivity index (χ1n) is 7.09. The molecule has 0 radical (unpaired) electrons. The van der Waals surface area contributed by atoms with Gasteiger partial charge in [0.15, 0.2) is 0 Å². The molecule has 5 aromatic rings. The fraction of sp³-hybridized carbons (Fsp3) is 0. The lowest BCUT2D eigenvalue weighted by Crippen LogP contribution is -1.82. The second kappa shape index (κ2) is 3.83. The molecule has 0 bridgehead atoms. The molecule has 0 atom stereocenters. The van der Waals surface area contributed by atoms with E-state index in [0.717, 1.165) is 5.52 Å². The lowest BCUT2D eigenvalue weighted by molar-refractivity contribution is 1.43. The third-order valence-electron chi connectivity index (χ3n) is 4.23. The highest BCUT2D eigenvalue weighted by atomic mass is 14.7. The van der Waals surface area contributed by atoms with Crippen LogP contribution in [0.3, 0.4) is 0 Å². The monoisotopic (exact) mass is 268 g/mol. The van der Waals surface area contributed by atoms with E-state index in [1.54, 1.807) is 0 Å². The van der Waals surface area contributed by atoms with Crippen molar-refractivity contribution in [1.29, 1.82) is 0 Å². The summed E-state index contributed by atoms with van der Waals surface area (Å²) >= 11 is 0. The van der Waals surface area contributed by atoms with E-state index in [-0.39, 0.29) is 0 Å². The molecule has 98 valence electrons. The number of rotatable bonds is 0. The van der Waals surface area contributed by atoms with Gasteiger partial charge >= 0.3 is 0 Å². The van der Waals surface area contributed by atoms with E-state index >= 15 is 0 Å². The lowest BCUT2D eigenvalue weighted by atomic mass is 10.0. The van der Waals surface area contributed by atoms with Gasteiger partial charge in [0, 0.05) is 33.3 Å². The maximum Gasteiger partial charge on any atom is 0.0801 e. The van der Waals surface area contributed by atoms with Gasteiger partial charge < -0.3 is 4.98 Å². The van der Waals surface area contributed by atoms with Crippen LogP contribution in [0.25, 0.3) is 43.5 Å². The Bertz CT molecular complexity index is 1140. The van der Waals surface area contributed by atoms with Gasteiger partial charge in [0.1, 0.15) is 0 Å². The third kappa shape index (κ3) is 1.39. The quantitative estimate of drug-likeness (QED) is 0.392. The molecule has 0 aliphatic heterocycles. The molecule has 0 saturated carbocycles. The molecule has 2 aromatic heterocycles. The summed E-state index contributed by atoms with van der Waals surface area (Å²) in [4.78, 5) is 8.18. The molecule has 0 saturated heterocycles. The number of aromatic nitrogens is 2. The molecule has 1 N–H and O–H groups in total. The molecule has 0 unspecified atom stereocenters. The van der Waals surface area contributed by atoms with E-state index in [1.165, 1.54) is 38.0 Å². The number of benzene rings is 3. The van der Waals surface area contributed by atoms with Crippen molar-refractivity contribution in [2.75, 3.05) is 0 Å². The van der Waals surface area contributed by atoms with E-state index in [2.05, 4.69) is 64.6 Å². The van der Waals surface area contributed by atoms with Crippen molar-refractivity contribution >= 4 is 43.5 Å². The number of aromatic amines is 1. The van der Waals surface area contributed by atoms with E-state index in [9.17, 15) is 0 Å². The molecule has 2 heteroatoms. The summed E-state index contributed by atoms with van der Waals surface area (Å²) in [6, 6.07) is 21.2. The Morgan fingerprint density at radius 3 is 2.57 bits per heavy atom. The van der Waals surface area contributed by atoms with Gasteiger partial charge in [-0.2, -0.15) is 0 Å². The number of pyridine rings is 1. The van der Waals surface area contributed by atoms with Crippen molar-refractivity contribution in [2.45, 2.75) is 0 Å². The van der Waals surface area contributed by atoms with Crippen molar-refractivity contribution < 1.29 is 0 Å². The first-order valence-corrected chi connectivity index (χ1v) is 7.09. The van der Waals surface area contributed by atoms with Crippen LogP contribution in [0.1, 0.15) is 0 Å². The molecule has 0 spiro atoms. The van der Waals surface area contributed by atoms with Crippen LogP contribution in [0.15, 0.2) is 66.9 Å². The Balaban J connectivity index is 2.14. The topological polar surface area (TPSA) is 28.7 Å². The van der Waals surface area contributed by atoms with E-state index in [1.807, 2.05) is 12.3 Å². The van der Waals surface area contributed by atoms with Gasteiger partial charge in [-0.1, -0.05) is 48.5 Å². The lowest BCUT2D eigenvalue weighted by Gasteiger charge is -2.04. The Morgan fingerprint density at radius 2 is 1.57 bits per heavy atom. The van der Waals surface area contributed by atoms with Crippen LogP contribution in [-0.4, -0.2) is 9.97 Å². The number of hydrogen-bond acceptors (Lipinski definition) is 1. The summed E-state index contributed by atoms with van der Waals surface area (Å²) in [7, 11) is 0. The molecule has 0 aliphatic rings. The van der Waals surface area contributed by atoms with Crippen LogP contribution in [0.2, 0.25) is 0 Å². The van der Waals surface area contributed by atoms with Gasteiger partial charge in [-0.3, -0.25) is 4.98 Å². The highest BCUT2D eigenvalue weighted by molar-refractivity contribution is 6.23. The first-order chi connectivity index (χ1) is 10.4. The molecule has 21 heavy (non-hydrogen) atoms. The molecule has 3 aromatic carbocycles. The molecule has 0 amide bonds. The second-order valence-electron chi connectivity index (χ2n) is 5.40. The molecule has 0 aliphatic carbocycles. The van der Waals surface area contributed by atoms with Crippen LogP contribution in [-0.2, 0) is 0 Å². The number of hydrogen-bond donors (Lipinski definition) is 1. The predicted molar refractivity (Wildman–Crippen MR) is 88.6 cm³/mol. The zero-order valence-corrected chi connectivity index (χ0v) is 11.3. The highest BCUT2D eigenvalue weighted by Crippen LogP contribution is 2.34. The number of nitrogens with one attached hydrogen (secondary N) is 1. The normalized spacial score (nSPS) is 11.8. The van der Waals surface area contributed by atoms with Gasteiger partial charge in [-0.15, -0.1) is 0 Å². The van der Waals surface area contributed by atoms with Crippen molar-refractivity contribution in [3.63, 3.8) is 0 Å². The minimum Gasteiger partial charge on any atom is -0.354 e. The predicted octanol–water partition coefficient (Wildman–Crippen LogP) is 5.02. The Morgan fingerprint density at radius 1 is 0.714 bits per heavy atom. The van der Waals surface area contributed by atoms with Crippen molar-refractivity contribution in [2.24, 2.45) is 0 Å². The van der Waals surface area contributed by atoms with Crippen molar-refractivity contribution in [1.82, 2.24) is 9.97 Å². The Kier molecular flexibility index (Phi) is 1.98. The van der Waals surface area contributed by atoms with E-state index in [0.29, 0.717) is 0 Å². The van der Waals surface area contributed by atoms with Crippen LogP contribution in [0.4, 0.5) is 0 Å². The largest absolute Gasteiger partial charge is 0.354 e. The van der Waals surface area contributed by atoms with Crippen molar-refractivity contribution in [3.8, 4) is 0 Å². The minimum absolute atomic E-state index is 1.06. The van der Waals surface area contributed by atoms with E-state index < -0.39 is 0 Å². The number of para-hydroxylation sites is 1. The minimum atomic E-state index is 1.06. The van der Waals surface area contributed by atoms with Crippen molar-refractivity contribution in [3.05, 3.63) is 66.9 Å². The average molecular weight is 268 g/mol. The summed E-state index contributed by atoms with van der Waals surface area (Å²) in [5, 5.41) is 6.14. The summed E-state index contributed by atoms with van der Waals surface area (Å²) < 4.78 is 0. The number of H-pyrrole nitrogens is 1. The van der Waals surface area contributed by atoms with Gasteiger partial charge in [-0.05, 0) is 17.5 Å². The maximum atomic E-state index is 4.61. The highest BCUT2D eigenvalue weighted by Gasteiger charge is 2.10. The fourth-order valence-corrected chi connectivity index (χ4v) is 3.27. The average Bonchev–Trinajstić information content (AvgIpc) is 2.93. The zero-order chi connectivity index (χ0) is 13.8. The fourth-order valence-electron chi connectivity index (χ4n) is 3.27. The molecular formula is C19H12N2. The zero-order valence-electron chi connectivity index (χ0n) is 11.3. The standard InChI is InChI=1S/C19H12N2/c1-2-6-16-14(5-1)15-10-9-12-7-8-13-4-3-11-20-18(13)17(12)19(15)21-16/h1-11,21H. The summed E-state index contributed by atoms with van der Waals surface area (Å²) in [5.74, 6) is 0. The van der Waals surface area contributed by atoms with E-state index in [4.69, 9.17) is 0 Å². The van der Waals surface area contributed by atoms with Crippen LogP contribution < -0.4 is 0 Å². The van der Waals surface area contributed by atoms with Crippen LogP contribution in [0.5, 0.6) is 0 Å². The van der Waals surface area contributed by atoms with Crippen LogP contribution in [0, 0.1) is 0 Å². The van der Waals surface area contributed by atoms with Gasteiger partial charge in [0.25, 0.3) is 0 Å². The smallest absolute Gasteiger partial charge is 0.0801 e. The Labute approximate surface area is 121 Å².